The lowest BCUT2D eigenvalue weighted by molar-refractivity contribution is 0.0834. The maximum Gasteiger partial charge on any atom is 0.496 e. The molecule has 0 unspecified atom stereocenters. The number of nitrogens with zero attached hydrogens (tertiary/aromatic N) is 5. The zero-order valence-electron chi connectivity index (χ0n) is 20.5. The number of hydrogen-bond acceptors (Lipinski definition) is 11. The zero-order valence-corrected chi connectivity index (χ0v) is 20.5. The van der Waals surface area contributed by atoms with Gasteiger partial charge in [-0.05, 0) is 32.4 Å². The SMILES string of the molecule is CCOB1OC(C)(C)c2nc(Nc3ncc(-c4nnc(F)o4)c(N[C@H](CO)c4ccccc4)n3)ccc21. The molecule has 11 nitrogen and oxygen atoms in total. The van der Waals surface area contributed by atoms with Gasteiger partial charge in [-0.2, -0.15) is 4.98 Å². The van der Waals surface area contributed by atoms with Crippen molar-refractivity contribution >= 4 is 30.2 Å². The summed E-state index contributed by atoms with van der Waals surface area (Å²) in [6.07, 6.45) is 0.345. The molecule has 1 aliphatic heterocycles. The fourth-order valence-corrected chi connectivity index (χ4v) is 4.10. The summed E-state index contributed by atoms with van der Waals surface area (Å²) in [5, 5.41) is 23.3. The highest BCUT2D eigenvalue weighted by molar-refractivity contribution is 6.63. The predicted molar refractivity (Wildman–Crippen MR) is 134 cm³/mol. The minimum absolute atomic E-state index is 0.104. The minimum Gasteiger partial charge on any atom is -0.408 e. The molecule has 4 aromatic rings. The van der Waals surface area contributed by atoms with Gasteiger partial charge in [-0.1, -0.05) is 41.5 Å². The summed E-state index contributed by atoms with van der Waals surface area (Å²) in [5.41, 5.74) is 2.07. The average molecular weight is 505 g/mol. The molecule has 0 fully saturated rings. The molecule has 37 heavy (non-hydrogen) atoms. The van der Waals surface area contributed by atoms with Gasteiger partial charge < -0.3 is 29.5 Å². The van der Waals surface area contributed by atoms with E-state index in [4.69, 9.17) is 18.7 Å². The number of pyridine rings is 1. The molecule has 0 bridgehead atoms. The Balaban J connectivity index is 1.47. The van der Waals surface area contributed by atoms with Gasteiger partial charge in [0.2, 0.25) is 5.95 Å². The largest absolute Gasteiger partial charge is 0.496 e. The van der Waals surface area contributed by atoms with Crippen LogP contribution in [0.2, 0.25) is 0 Å². The topological polar surface area (TPSA) is 140 Å². The summed E-state index contributed by atoms with van der Waals surface area (Å²) in [4.78, 5) is 13.6. The Kier molecular flexibility index (Phi) is 6.83. The Bertz CT molecular complexity index is 1390. The van der Waals surface area contributed by atoms with E-state index in [-0.39, 0.29) is 29.8 Å². The summed E-state index contributed by atoms with van der Waals surface area (Å²) in [5.74, 6) is 0.858. The Morgan fingerprint density at radius 1 is 1.14 bits per heavy atom. The molecule has 1 aromatic carbocycles. The average Bonchev–Trinajstić information content (AvgIpc) is 3.43. The first-order chi connectivity index (χ1) is 17.9. The van der Waals surface area contributed by atoms with E-state index in [0.29, 0.717) is 12.4 Å². The van der Waals surface area contributed by atoms with E-state index in [9.17, 15) is 9.50 Å². The van der Waals surface area contributed by atoms with Crippen molar-refractivity contribution < 1.29 is 23.2 Å². The highest BCUT2D eigenvalue weighted by Gasteiger charge is 2.44. The third-order valence-corrected chi connectivity index (χ3v) is 5.83. The molecule has 0 amide bonds. The molecule has 0 aliphatic carbocycles. The van der Waals surface area contributed by atoms with Gasteiger partial charge in [0.25, 0.3) is 5.89 Å². The molecule has 1 atom stereocenters. The van der Waals surface area contributed by atoms with Gasteiger partial charge >= 0.3 is 13.3 Å². The number of aliphatic hydroxyl groups excluding tert-OH is 1. The van der Waals surface area contributed by atoms with Crippen molar-refractivity contribution in [2.75, 3.05) is 23.8 Å². The number of nitrogens with one attached hydrogen (secondary N) is 2. The van der Waals surface area contributed by atoms with Crippen molar-refractivity contribution in [1.29, 1.82) is 0 Å². The summed E-state index contributed by atoms with van der Waals surface area (Å²) >= 11 is 0. The van der Waals surface area contributed by atoms with Crippen molar-refractivity contribution in [3.8, 4) is 11.5 Å². The molecule has 0 saturated heterocycles. The monoisotopic (exact) mass is 505 g/mol. The normalized spacial score (nSPS) is 14.9. The van der Waals surface area contributed by atoms with Crippen molar-refractivity contribution in [2.24, 2.45) is 0 Å². The molecule has 0 radical (unpaired) electrons. The van der Waals surface area contributed by atoms with E-state index in [1.165, 1.54) is 6.20 Å². The van der Waals surface area contributed by atoms with Crippen molar-refractivity contribution in [3.05, 3.63) is 66.1 Å². The van der Waals surface area contributed by atoms with Crippen LogP contribution in [0, 0.1) is 6.14 Å². The lowest BCUT2D eigenvalue weighted by Gasteiger charge is -2.20. The van der Waals surface area contributed by atoms with Crippen LogP contribution in [0.15, 0.2) is 53.1 Å². The second-order valence-corrected chi connectivity index (χ2v) is 8.78. The quantitative estimate of drug-likeness (QED) is 0.289. The number of aliphatic hydroxyl groups is 1. The molecule has 5 rings (SSSR count). The third-order valence-electron chi connectivity index (χ3n) is 5.83. The molecule has 13 heteroatoms. The number of fused-ring (bicyclic) bond motifs is 1. The van der Waals surface area contributed by atoms with Crippen LogP contribution in [-0.2, 0) is 14.9 Å². The van der Waals surface area contributed by atoms with E-state index >= 15 is 0 Å². The van der Waals surface area contributed by atoms with Gasteiger partial charge in [0.1, 0.15) is 11.6 Å². The standard InChI is InChI=1S/C24H25BFN7O4/c1-4-35-25-16-10-11-18(29-19(16)24(2,3)37-25)30-23-27-12-15(21-32-33-22(26)36-21)20(31-23)28-17(13-34)14-8-6-5-7-9-14/h5-12,17,34H,4,13H2,1-3H3,(H2,27,28,29,30,31)/t17-/m1/s1. The van der Waals surface area contributed by atoms with Crippen LogP contribution in [0.1, 0.15) is 38.1 Å². The molecule has 3 N–H and O–H groups in total. The predicted octanol–water partition coefficient (Wildman–Crippen LogP) is 2.95. The Morgan fingerprint density at radius 2 is 1.95 bits per heavy atom. The number of halogens is 1. The summed E-state index contributed by atoms with van der Waals surface area (Å²) in [6.45, 7) is 6.05. The van der Waals surface area contributed by atoms with Crippen LogP contribution in [0.25, 0.3) is 11.5 Å². The van der Waals surface area contributed by atoms with Gasteiger partial charge in [-0.3, -0.25) is 0 Å². The molecule has 190 valence electrons. The Labute approximate surface area is 212 Å². The van der Waals surface area contributed by atoms with E-state index in [0.717, 1.165) is 16.7 Å². The van der Waals surface area contributed by atoms with E-state index in [1.54, 1.807) is 6.07 Å². The van der Waals surface area contributed by atoms with Gasteiger partial charge in [0.05, 0.1) is 29.5 Å². The number of benzene rings is 1. The molecular weight excluding hydrogens is 480 g/mol. The van der Waals surface area contributed by atoms with Gasteiger partial charge in [0.15, 0.2) is 0 Å². The van der Waals surface area contributed by atoms with Crippen LogP contribution < -0.4 is 16.1 Å². The lowest BCUT2D eigenvalue weighted by Crippen LogP contribution is -2.32. The highest BCUT2D eigenvalue weighted by Crippen LogP contribution is 2.32. The maximum atomic E-state index is 13.5. The zero-order chi connectivity index (χ0) is 26.0. The van der Waals surface area contributed by atoms with Crippen LogP contribution in [0.3, 0.4) is 0 Å². The summed E-state index contributed by atoms with van der Waals surface area (Å²) in [7, 11) is -0.480. The maximum absolute atomic E-state index is 13.5. The van der Waals surface area contributed by atoms with Crippen LogP contribution in [0.4, 0.5) is 22.0 Å². The lowest BCUT2D eigenvalue weighted by atomic mass is 9.80. The van der Waals surface area contributed by atoms with E-state index in [2.05, 4.69) is 30.8 Å². The fourth-order valence-electron chi connectivity index (χ4n) is 4.10. The summed E-state index contributed by atoms with van der Waals surface area (Å²) in [6, 6.07) is 12.5. The van der Waals surface area contributed by atoms with Crippen LogP contribution in [0.5, 0.6) is 0 Å². The molecule has 1 aliphatic rings. The van der Waals surface area contributed by atoms with Crippen LogP contribution >= 0.6 is 0 Å². The smallest absolute Gasteiger partial charge is 0.408 e. The van der Waals surface area contributed by atoms with E-state index in [1.807, 2.05) is 57.2 Å². The second kappa shape index (κ2) is 10.2. The van der Waals surface area contributed by atoms with Gasteiger partial charge in [-0.15, -0.1) is 9.49 Å². The third kappa shape index (κ3) is 5.14. The molecular formula is C24H25BFN7O4. The van der Waals surface area contributed by atoms with Gasteiger partial charge in [-0.25, -0.2) is 9.97 Å². The molecule has 0 spiro atoms. The highest BCUT2D eigenvalue weighted by atomic mass is 19.1. The second-order valence-electron chi connectivity index (χ2n) is 8.78. The van der Waals surface area contributed by atoms with Crippen molar-refractivity contribution in [2.45, 2.75) is 32.4 Å². The fraction of sp³-hybridized carbons (Fsp3) is 0.292. The number of anilines is 3. The number of hydrogen-bond donors (Lipinski definition) is 3. The Morgan fingerprint density at radius 3 is 2.65 bits per heavy atom. The Hall–Kier alpha value is -3.94. The van der Waals surface area contributed by atoms with E-state index < -0.39 is 24.9 Å². The first kappa shape index (κ1) is 24.7. The van der Waals surface area contributed by atoms with Crippen molar-refractivity contribution in [3.63, 3.8) is 0 Å². The summed E-state index contributed by atoms with van der Waals surface area (Å²) < 4.78 is 30.1. The minimum atomic E-state index is -1.08. The van der Waals surface area contributed by atoms with Crippen LogP contribution in [-0.4, -0.2) is 50.6 Å². The first-order valence-electron chi connectivity index (χ1n) is 11.7. The number of rotatable bonds is 9. The molecule has 4 heterocycles. The molecule has 3 aromatic heterocycles. The number of aromatic nitrogens is 5. The molecule has 0 saturated carbocycles. The van der Waals surface area contributed by atoms with Gasteiger partial charge in [0, 0.05) is 18.3 Å². The van der Waals surface area contributed by atoms with Crippen molar-refractivity contribution in [1.82, 2.24) is 25.1 Å². The first-order valence-corrected chi connectivity index (χ1v) is 11.7.